The van der Waals surface area contributed by atoms with Gasteiger partial charge >= 0.3 is 0 Å². The van der Waals surface area contributed by atoms with Crippen molar-refractivity contribution in [1.29, 1.82) is 0 Å². The molecular formula is C20H12Cl3NO3S. The van der Waals surface area contributed by atoms with Crippen molar-refractivity contribution in [3.05, 3.63) is 74.2 Å². The third-order valence-corrected chi connectivity index (χ3v) is 6.31. The van der Waals surface area contributed by atoms with Gasteiger partial charge in [0, 0.05) is 26.4 Å². The van der Waals surface area contributed by atoms with E-state index < -0.39 is 0 Å². The molecule has 1 amide bonds. The number of nitrogens with one attached hydrogen (secondary N) is 1. The summed E-state index contributed by atoms with van der Waals surface area (Å²) in [5.74, 6) is 0.658. The Labute approximate surface area is 179 Å². The number of carbonyl (C=O) groups is 1. The SMILES string of the molecule is O=C(Nc1ccc(-c2ccc(CO)o2)c(Cl)c1)c1sc2cc(Cl)ccc2c1Cl. The van der Waals surface area contributed by atoms with Gasteiger partial charge in [-0.2, -0.15) is 0 Å². The fourth-order valence-electron chi connectivity index (χ4n) is 2.77. The third-order valence-electron chi connectivity index (χ3n) is 4.11. The first-order valence-electron chi connectivity index (χ1n) is 8.14. The highest BCUT2D eigenvalue weighted by atomic mass is 35.5. The van der Waals surface area contributed by atoms with Crippen molar-refractivity contribution in [2.24, 2.45) is 0 Å². The average molecular weight is 453 g/mol. The van der Waals surface area contributed by atoms with Gasteiger partial charge in [0.2, 0.25) is 0 Å². The lowest BCUT2D eigenvalue weighted by Gasteiger charge is -2.07. The fraction of sp³-hybridized carbons (Fsp3) is 0.0500. The number of aliphatic hydroxyl groups is 1. The van der Waals surface area contributed by atoms with Crippen molar-refractivity contribution < 1.29 is 14.3 Å². The van der Waals surface area contributed by atoms with E-state index in [1.54, 1.807) is 48.5 Å². The molecule has 4 aromatic rings. The molecule has 28 heavy (non-hydrogen) atoms. The molecule has 0 aliphatic carbocycles. The van der Waals surface area contributed by atoms with Gasteiger partial charge in [-0.3, -0.25) is 4.79 Å². The number of aliphatic hydroxyl groups excluding tert-OH is 1. The quantitative estimate of drug-likeness (QED) is 0.355. The normalized spacial score (nSPS) is 11.1. The molecule has 0 saturated heterocycles. The highest BCUT2D eigenvalue weighted by molar-refractivity contribution is 7.21. The first-order chi connectivity index (χ1) is 13.5. The van der Waals surface area contributed by atoms with Gasteiger partial charge in [-0.25, -0.2) is 0 Å². The summed E-state index contributed by atoms with van der Waals surface area (Å²) in [5, 5.41) is 14.1. The number of thiophene rings is 1. The summed E-state index contributed by atoms with van der Waals surface area (Å²) in [4.78, 5) is 13.1. The molecule has 0 spiro atoms. The standard InChI is InChI=1S/C20H12Cl3NO3S/c21-10-1-4-14-17(7-10)28-19(18(14)23)20(26)24-11-2-5-13(15(22)8-11)16-6-3-12(9-25)27-16/h1-8,25H,9H2,(H,24,26). The van der Waals surface area contributed by atoms with E-state index in [1.807, 2.05) is 0 Å². The van der Waals surface area contributed by atoms with Crippen molar-refractivity contribution in [3.63, 3.8) is 0 Å². The largest absolute Gasteiger partial charge is 0.459 e. The number of rotatable bonds is 4. The van der Waals surface area contributed by atoms with Crippen molar-refractivity contribution in [1.82, 2.24) is 0 Å². The number of hydrogen-bond acceptors (Lipinski definition) is 4. The molecule has 2 aromatic heterocycles. The van der Waals surface area contributed by atoms with E-state index in [1.165, 1.54) is 11.3 Å². The fourth-order valence-corrected chi connectivity index (χ4v) is 4.74. The molecule has 2 N–H and O–H groups in total. The minimum atomic E-state index is -0.327. The van der Waals surface area contributed by atoms with Crippen LogP contribution in [0.1, 0.15) is 15.4 Å². The lowest BCUT2D eigenvalue weighted by Crippen LogP contribution is -2.10. The first-order valence-corrected chi connectivity index (χ1v) is 10.1. The van der Waals surface area contributed by atoms with E-state index >= 15 is 0 Å². The van der Waals surface area contributed by atoms with Crippen LogP contribution in [0.15, 0.2) is 52.9 Å². The Morgan fingerprint density at radius 1 is 1.07 bits per heavy atom. The molecule has 0 aliphatic rings. The van der Waals surface area contributed by atoms with Gasteiger partial charge < -0.3 is 14.8 Å². The van der Waals surface area contributed by atoms with E-state index in [9.17, 15) is 4.79 Å². The number of fused-ring (bicyclic) bond motifs is 1. The van der Waals surface area contributed by atoms with Crippen LogP contribution < -0.4 is 5.32 Å². The lowest BCUT2D eigenvalue weighted by atomic mass is 10.1. The minimum Gasteiger partial charge on any atom is -0.459 e. The maximum Gasteiger partial charge on any atom is 0.267 e. The van der Waals surface area contributed by atoms with E-state index in [4.69, 9.17) is 44.3 Å². The molecule has 0 atom stereocenters. The molecule has 142 valence electrons. The molecule has 0 saturated carbocycles. The van der Waals surface area contributed by atoms with Crippen LogP contribution in [0.3, 0.4) is 0 Å². The second kappa shape index (κ2) is 7.78. The van der Waals surface area contributed by atoms with Gasteiger partial charge in [0.1, 0.15) is 23.0 Å². The Hall–Kier alpha value is -2.02. The maximum atomic E-state index is 12.7. The Kier molecular flexibility index (Phi) is 5.36. The van der Waals surface area contributed by atoms with Gasteiger partial charge in [0.25, 0.3) is 5.91 Å². The number of anilines is 1. The van der Waals surface area contributed by atoms with E-state index in [0.717, 1.165) is 10.1 Å². The van der Waals surface area contributed by atoms with Crippen LogP contribution in [0.4, 0.5) is 5.69 Å². The minimum absolute atomic E-state index is 0.188. The molecule has 0 fully saturated rings. The van der Waals surface area contributed by atoms with Gasteiger partial charge in [0.05, 0.1) is 10.0 Å². The third kappa shape index (κ3) is 3.64. The number of carbonyl (C=O) groups excluding carboxylic acids is 1. The van der Waals surface area contributed by atoms with Crippen LogP contribution in [-0.4, -0.2) is 11.0 Å². The van der Waals surface area contributed by atoms with Crippen LogP contribution in [0, 0.1) is 0 Å². The summed E-state index contributed by atoms with van der Waals surface area (Å²) in [6.07, 6.45) is 0. The molecule has 0 unspecified atom stereocenters. The predicted molar refractivity (Wildman–Crippen MR) is 115 cm³/mol. The molecule has 4 nitrogen and oxygen atoms in total. The molecule has 0 bridgehead atoms. The van der Waals surface area contributed by atoms with Crippen LogP contribution in [0.25, 0.3) is 21.4 Å². The Bertz CT molecular complexity index is 1200. The predicted octanol–water partition coefficient (Wildman–Crippen LogP) is 6.87. The van der Waals surface area contributed by atoms with Crippen LogP contribution >= 0.6 is 46.1 Å². The summed E-state index contributed by atoms with van der Waals surface area (Å²) in [7, 11) is 0. The number of amides is 1. The average Bonchev–Trinajstić information content (AvgIpc) is 3.26. The first kappa shape index (κ1) is 19.3. The number of benzene rings is 2. The van der Waals surface area contributed by atoms with E-state index in [0.29, 0.717) is 42.7 Å². The van der Waals surface area contributed by atoms with Gasteiger partial charge in [0.15, 0.2) is 0 Å². The molecule has 0 radical (unpaired) electrons. The molecule has 0 aliphatic heterocycles. The zero-order chi connectivity index (χ0) is 19.8. The van der Waals surface area contributed by atoms with Crippen molar-refractivity contribution in [3.8, 4) is 11.3 Å². The Balaban J connectivity index is 1.60. The maximum absolute atomic E-state index is 12.7. The lowest BCUT2D eigenvalue weighted by molar-refractivity contribution is 0.103. The molecule has 2 heterocycles. The van der Waals surface area contributed by atoms with Gasteiger partial charge in [-0.1, -0.05) is 40.9 Å². The highest BCUT2D eigenvalue weighted by Gasteiger charge is 2.18. The summed E-state index contributed by atoms with van der Waals surface area (Å²) < 4.78 is 6.34. The van der Waals surface area contributed by atoms with Crippen LogP contribution in [-0.2, 0) is 6.61 Å². The second-order valence-corrected chi connectivity index (χ2v) is 8.23. The Morgan fingerprint density at radius 2 is 1.89 bits per heavy atom. The second-order valence-electron chi connectivity index (χ2n) is 5.96. The van der Waals surface area contributed by atoms with Crippen molar-refractivity contribution >= 4 is 67.8 Å². The highest BCUT2D eigenvalue weighted by Crippen LogP contribution is 2.37. The van der Waals surface area contributed by atoms with Crippen molar-refractivity contribution in [2.45, 2.75) is 6.61 Å². The van der Waals surface area contributed by atoms with E-state index in [-0.39, 0.29) is 12.5 Å². The molecule has 4 rings (SSSR count). The smallest absolute Gasteiger partial charge is 0.267 e. The monoisotopic (exact) mass is 451 g/mol. The summed E-state index contributed by atoms with van der Waals surface area (Å²) in [6.45, 7) is -0.188. The molecular weight excluding hydrogens is 441 g/mol. The summed E-state index contributed by atoms with van der Waals surface area (Å²) >= 11 is 20.0. The van der Waals surface area contributed by atoms with E-state index in [2.05, 4.69) is 5.32 Å². The Morgan fingerprint density at radius 3 is 2.61 bits per heavy atom. The summed E-state index contributed by atoms with van der Waals surface area (Å²) in [6, 6.07) is 13.8. The summed E-state index contributed by atoms with van der Waals surface area (Å²) in [5.41, 5.74) is 1.19. The zero-order valence-electron chi connectivity index (χ0n) is 14.1. The van der Waals surface area contributed by atoms with Crippen LogP contribution in [0.2, 0.25) is 15.1 Å². The van der Waals surface area contributed by atoms with Gasteiger partial charge in [-0.05, 0) is 42.5 Å². The van der Waals surface area contributed by atoms with Gasteiger partial charge in [-0.15, -0.1) is 11.3 Å². The molecule has 2 aromatic carbocycles. The zero-order valence-corrected chi connectivity index (χ0v) is 17.2. The van der Waals surface area contributed by atoms with Crippen LogP contribution in [0.5, 0.6) is 0 Å². The molecule has 8 heteroatoms. The number of hydrogen-bond donors (Lipinski definition) is 2. The number of furan rings is 1. The number of halogens is 3. The topological polar surface area (TPSA) is 62.5 Å². The van der Waals surface area contributed by atoms with Crippen molar-refractivity contribution in [2.75, 3.05) is 5.32 Å².